The summed E-state index contributed by atoms with van der Waals surface area (Å²) in [6.07, 6.45) is 7.71. The van der Waals surface area contributed by atoms with Crippen molar-refractivity contribution in [3.05, 3.63) is 12.4 Å². The maximum absolute atomic E-state index is 11.9. The number of hydrogen-bond acceptors (Lipinski definition) is 5. The van der Waals surface area contributed by atoms with E-state index in [1.165, 1.54) is 24.6 Å². The normalized spacial score (nSPS) is 23.0. The number of hydrogen-bond donors (Lipinski definition) is 2. The molecule has 0 unspecified atom stereocenters. The zero-order valence-electron chi connectivity index (χ0n) is 11.1. The smallest absolute Gasteiger partial charge is 0.230 e. The van der Waals surface area contributed by atoms with E-state index in [0.717, 1.165) is 18.8 Å². The van der Waals surface area contributed by atoms with E-state index < -0.39 is 0 Å². The molecule has 1 heterocycles. The Morgan fingerprint density at radius 3 is 2.74 bits per heavy atom. The monoisotopic (exact) mass is 280 g/mol. The number of thioether (sulfide) groups is 1. The lowest BCUT2D eigenvalue weighted by Gasteiger charge is -2.26. The summed E-state index contributed by atoms with van der Waals surface area (Å²) >= 11 is 1.33. The molecule has 3 N–H and O–H groups in total. The summed E-state index contributed by atoms with van der Waals surface area (Å²) in [6, 6.07) is 0.337. The van der Waals surface area contributed by atoms with Gasteiger partial charge < -0.3 is 11.1 Å². The van der Waals surface area contributed by atoms with Gasteiger partial charge in [-0.15, -0.1) is 0 Å². The maximum atomic E-state index is 11.9. The molecule has 1 saturated carbocycles. The summed E-state index contributed by atoms with van der Waals surface area (Å²) < 4.78 is 0. The summed E-state index contributed by atoms with van der Waals surface area (Å²) in [7, 11) is 0. The molecular formula is C13H20N4OS. The van der Waals surface area contributed by atoms with Crippen molar-refractivity contribution in [1.29, 1.82) is 0 Å². The fourth-order valence-corrected chi connectivity index (χ4v) is 2.94. The molecule has 0 aromatic carbocycles. The Labute approximate surface area is 117 Å². The van der Waals surface area contributed by atoms with E-state index in [2.05, 4.69) is 22.2 Å². The van der Waals surface area contributed by atoms with Gasteiger partial charge in [-0.1, -0.05) is 18.7 Å². The number of anilines is 1. The van der Waals surface area contributed by atoms with Gasteiger partial charge in [-0.2, -0.15) is 0 Å². The van der Waals surface area contributed by atoms with Crippen molar-refractivity contribution in [2.75, 3.05) is 11.5 Å². The average molecular weight is 280 g/mol. The predicted octanol–water partition coefficient (Wildman–Crippen LogP) is 1.85. The van der Waals surface area contributed by atoms with Gasteiger partial charge >= 0.3 is 0 Å². The third kappa shape index (κ3) is 4.38. The van der Waals surface area contributed by atoms with Crippen LogP contribution in [0.15, 0.2) is 17.4 Å². The maximum Gasteiger partial charge on any atom is 0.230 e. The number of amides is 1. The molecule has 19 heavy (non-hydrogen) atoms. The van der Waals surface area contributed by atoms with Crippen LogP contribution in [-0.4, -0.2) is 27.7 Å². The number of nitrogens with one attached hydrogen (secondary N) is 1. The minimum absolute atomic E-state index is 0.0506. The van der Waals surface area contributed by atoms with Gasteiger partial charge in [-0.25, -0.2) is 9.97 Å². The van der Waals surface area contributed by atoms with Crippen molar-refractivity contribution in [3.63, 3.8) is 0 Å². The van der Waals surface area contributed by atoms with Gasteiger partial charge in [-0.3, -0.25) is 4.79 Å². The van der Waals surface area contributed by atoms with Crippen LogP contribution in [0.1, 0.15) is 32.6 Å². The number of nitrogens with zero attached hydrogens (tertiary/aromatic N) is 2. The molecule has 0 spiro atoms. The standard InChI is InChI=1S/C13H20N4OS/c1-9-2-4-10(5-3-9)17-11(18)8-19-13-12(14)15-6-7-16-13/h6-7,9-10H,2-5,8H2,1H3,(H2,14,15)(H,17,18). The summed E-state index contributed by atoms with van der Waals surface area (Å²) in [5.74, 6) is 1.57. The molecule has 5 nitrogen and oxygen atoms in total. The number of rotatable bonds is 4. The Hall–Kier alpha value is -1.30. The molecule has 1 aliphatic rings. The summed E-state index contributed by atoms with van der Waals surface area (Å²) in [5, 5.41) is 3.70. The number of carbonyl (C=O) groups excluding carboxylic acids is 1. The second kappa shape index (κ2) is 6.75. The minimum atomic E-state index is 0.0506. The highest BCUT2D eigenvalue weighted by atomic mass is 32.2. The molecule has 1 aromatic rings. The van der Waals surface area contributed by atoms with Crippen LogP contribution in [0.25, 0.3) is 0 Å². The van der Waals surface area contributed by atoms with Crippen LogP contribution < -0.4 is 11.1 Å². The van der Waals surface area contributed by atoms with Gasteiger partial charge in [0.1, 0.15) is 5.03 Å². The second-order valence-corrected chi connectivity index (χ2v) is 6.02. The van der Waals surface area contributed by atoms with Crippen LogP contribution in [0.4, 0.5) is 5.82 Å². The van der Waals surface area contributed by atoms with E-state index in [9.17, 15) is 4.79 Å². The SMILES string of the molecule is CC1CCC(NC(=O)CSc2nccnc2N)CC1. The zero-order valence-corrected chi connectivity index (χ0v) is 11.9. The average Bonchev–Trinajstić information content (AvgIpc) is 2.40. The summed E-state index contributed by atoms with van der Waals surface area (Å²) in [6.45, 7) is 2.27. The van der Waals surface area contributed by atoms with Crippen LogP contribution in [-0.2, 0) is 4.79 Å². The van der Waals surface area contributed by atoms with E-state index in [0.29, 0.717) is 22.6 Å². The molecule has 1 aliphatic carbocycles. The first-order chi connectivity index (χ1) is 9.15. The predicted molar refractivity (Wildman–Crippen MR) is 76.7 cm³/mol. The first-order valence-corrected chi connectivity index (χ1v) is 7.62. The molecule has 0 aliphatic heterocycles. The summed E-state index contributed by atoms with van der Waals surface area (Å²) in [4.78, 5) is 19.9. The first-order valence-electron chi connectivity index (χ1n) is 6.64. The number of nitrogen functional groups attached to an aromatic ring is 1. The fourth-order valence-electron chi connectivity index (χ4n) is 2.25. The lowest BCUT2D eigenvalue weighted by atomic mass is 9.87. The van der Waals surface area contributed by atoms with E-state index in [1.807, 2.05) is 0 Å². The Bertz CT molecular complexity index is 432. The quantitative estimate of drug-likeness (QED) is 0.823. The number of aromatic nitrogens is 2. The molecule has 1 aromatic heterocycles. The Balaban J connectivity index is 1.74. The van der Waals surface area contributed by atoms with Crippen LogP contribution in [0.3, 0.4) is 0 Å². The van der Waals surface area contributed by atoms with Gasteiger partial charge in [0, 0.05) is 18.4 Å². The van der Waals surface area contributed by atoms with Crippen LogP contribution >= 0.6 is 11.8 Å². The highest BCUT2D eigenvalue weighted by Gasteiger charge is 2.19. The molecule has 0 atom stereocenters. The molecule has 0 radical (unpaired) electrons. The zero-order chi connectivity index (χ0) is 13.7. The van der Waals surface area contributed by atoms with E-state index in [-0.39, 0.29) is 5.91 Å². The van der Waals surface area contributed by atoms with Gasteiger partial charge in [-0.05, 0) is 31.6 Å². The Kier molecular flexibility index (Phi) is 5.01. The molecule has 0 saturated heterocycles. The number of carbonyl (C=O) groups is 1. The molecule has 1 fully saturated rings. The van der Waals surface area contributed by atoms with E-state index >= 15 is 0 Å². The molecule has 2 rings (SSSR count). The largest absolute Gasteiger partial charge is 0.381 e. The lowest BCUT2D eigenvalue weighted by Crippen LogP contribution is -2.38. The topological polar surface area (TPSA) is 80.9 Å². The highest BCUT2D eigenvalue weighted by Crippen LogP contribution is 2.24. The molecule has 1 amide bonds. The van der Waals surface area contributed by atoms with Crippen molar-refractivity contribution >= 4 is 23.5 Å². The highest BCUT2D eigenvalue weighted by molar-refractivity contribution is 8.00. The lowest BCUT2D eigenvalue weighted by molar-refractivity contribution is -0.119. The van der Waals surface area contributed by atoms with Crippen LogP contribution in [0.2, 0.25) is 0 Å². The van der Waals surface area contributed by atoms with E-state index in [1.54, 1.807) is 12.4 Å². The van der Waals surface area contributed by atoms with Gasteiger partial charge in [0.25, 0.3) is 0 Å². The van der Waals surface area contributed by atoms with Crippen LogP contribution in [0, 0.1) is 5.92 Å². The van der Waals surface area contributed by atoms with Crippen molar-refractivity contribution in [1.82, 2.24) is 15.3 Å². The fraction of sp³-hybridized carbons (Fsp3) is 0.615. The van der Waals surface area contributed by atoms with Crippen molar-refractivity contribution in [2.45, 2.75) is 43.7 Å². The summed E-state index contributed by atoms with van der Waals surface area (Å²) in [5.41, 5.74) is 5.68. The van der Waals surface area contributed by atoms with Crippen molar-refractivity contribution < 1.29 is 4.79 Å². The number of nitrogens with two attached hydrogens (primary N) is 1. The van der Waals surface area contributed by atoms with Gasteiger partial charge in [0.2, 0.25) is 5.91 Å². The Morgan fingerprint density at radius 1 is 1.37 bits per heavy atom. The third-order valence-corrected chi connectivity index (χ3v) is 4.41. The van der Waals surface area contributed by atoms with Crippen molar-refractivity contribution in [2.24, 2.45) is 5.92 Å². The molecule has 6 heteroatoms. The van der Waals surface area contributed by atoms with Crippen molar-refractivity contribution in [3.8, 4) is 0 Å². The molecule has 0 bridgehead atoms. The van der Waals surface area contributed by atoms with Crippen LogP contribution in [0.5, 0.6) is 0 Å². The van der Waals surface area contributed by atoms with E-state index in [4.69, 9.17) is 5.73 Å². The van der Waals surface area contributed by atoms with Gasteiger partial charge in [0.05, 0.1) is 5.75 Å². The van der Waals surface area contributed by atoms with Gasteiger partial charge in [0.15, 0.2) is 5.82 Å². The Morgan fingerprint density at radius 2 is 2.05 bits per heavy atom. The molecular weight excluding hydrogens is 260 g/mol. The minimum Gasteiger partial charge on any atom is -0.381 e. The second-order valence-electron chi connectivity index (χ2n) is 5.06. The first kappa shape index (κ1) is 14.1. The third-order valence-electron chi connectivity index (χ3n) is 3.41. The molecule has 104 valence electrons.